The minimum atomic E-state index is -0.0891. The van der Waals surface area contributed by atoms with E-state index < -0.39 is 0 Å². The normalized spacial score (nSPS) is 15.9. The zero-order valence-electron chi connectivity index (χ0n) is 19.8. The monoisotopic (exact) mass is 445 g/mol. The van der Waals surface area contributed by atoms with E-state index in [9.17, 15) is 4.79 Å². The molecule has 7 heteroatoms. The minimum Gasteiger partial charge on any atom is -0.497 e. The summed E-state index contributed by atoms with van der Waals surface area (Å²) in [6.45, 7) is 2.77. The number of amides is 1. The van der Waals surface area contributed by atoms with Crippen molar-refractivity contribution in [3.63, 3.8) is 0 Å². The van der Waals surface area contributed by atoms with E-state index in [0.29, 0.717) is 12.4 Å². The van der Waals surface area contributed by atoms with Crippen molar-refractivity contribution in [1.29, 1.82) is 0 Å². The van der Waals surface area contributed by atoms with Crippen LogP contribution in [0, 0.1) is 6.92 Å². The van der Waals surface area contributed by atoms with Gasteiger partial charge in [-0.15, -0.1) is 0 Å². The molecule has 0 radical (unpaired) electrons. The summed E-state index contributed by atoms with van der Waals surface area (Å²) in [6.07, 6.45) is 8.84. The van der Waals surface area contributed by atoms with Crippen molar-refractivity contribution in [2.45, 2.75) is 38.6 Å². The van der Waals surface area contributed by atoms with Crippen LogP contribution in [0.4, 0.5) is 5.95 Å². The van der Waals surface area contributed by atoms with E-state index in [-0.39, 0.29) is 11.9 Å². The van der Waals surface area contributed by atoms with Gasteiger partial charge in [-0.05, 0) is 61.1 Å². The lowest BCUT2D eigenvalue weighted by Crippen LogP contribution is -2.40. The summed E-state index contributed by atoms with van der Waals surface area (Å²) in [7, 11) is 5.51. The van der Waals surface area contributed by atoms with Crippen LogP contribution in [0.5, 0.6) is 5.75 Å². The highest BCUT2D eigenvalue weighted by molar-refractivity contribution is 5.80. The number of carbonyl (C=O) groups excluding carboxylic acids is 1. The number of carbonyl (C=O) groups is 1. The fourth-order valence-corrected chi connectivity index (χ4v) is 4.37. The second kappa shape index (κ2) is 9.98. The van der Waals surface area contributed by atoms with Gasteiger partial charge in [-0.25, -0.2) is 9.97 Å². The maximum Gasteiger partial charge on any atom is 0.227 e. The lowest BCUT2D eigenvalue weighted by molar-refractivity contribution is -0.134. The molecule has 4 rings (SSSR count). The summed E-state index contributed by atoms with van der Waals surface area (Å²) in [6, 6.07) is 9.61. The average molecular weight is 446 g/mol. The zero-order valence-corrected chi connectivity index (χ0v) is 19.8. The van der Waals surface area contributed by atoms with Gasteiger partial charge in [0.1, 0.15) is 5.75 Å². The van der Waals surface area contributed by atoms with Crippen LogP contribution in [0.1, 0.15) is 42.1 Å². The fourth-order valence-electron chi connectivity index (χ4n) is 4.37. The number of hydrogen-bond acceptors (Lipinski definition) is 6. The second-order valence-electron chi connectivity index (χ2n) is 8.68. The number of anilines is 1. The third-order valence-corrected chi connectivity index (χ3v) is 6.17. The summed E-state index contributed by atoms with van der Waals surface area (Å²) in [5.74, 6) is 1.55. The molecule has 0 bridgehead atoms. The second-order valence-corrected chi connectivity index (χ2v) is 8.68. The number of nitrogens with zero attached hydrogens (tertiary/aromatic N) is 5. The van der Waals surface area contributed by atoms with E-state index in [0.717, 1.165) is 59.5 Å². The number of methoxy groups -OCH3 is 1. The molecule has 0 saturated carbocycles. The Hall–Kier alpha value is -3.48. The molecule has 1 fully saturated rings. The molecule has 1 aromatic carbocycles. The lowest BCUT2D eigenvalue weighted by Gasteiger charge is -2.36. The van der Waals surface area contributed by atoms with Crippen LogP contribution in [0.3, 0.4) is 0 Å². The first-order valence-electron chi connectivity index (χ1n) is 11.4. The highest BCUT2D eigenvalue weighted by Crippen LogP contribution is 2.37. The molecule has 1 aliphatic rings. The van der Waals surface area contributed by atoms with E-state index in [4.69, 9.17) is 9.72 Å². The van der Waals surface area contributed by atoms with E-state index in [1.54, 1.807) is 13.3 Å². The average Bonchev–Trinajstić information content (AvgIpc) is 2.84. The first-order valence-corrected chi connectivity index (χ1v) is 11.4. The largest absolute Gasteiger partial charge is 0.497 e. The van der Waals surface area contributed by atoms with Crippen LogP contribution in [0.2, 0.25) is 0 Å². The first-order chi connectivity index (χ1) is 16.0. The van der Waals surface area contributed by atoms with Crippen molar-refractivity contribution in [3.05, 3.63) is 65.7 Å². The number of hydrogen-bond donors (Lipinski definition) is 0. The van der Waals surface area contributed by atoms with Gasteiger partial charge in [0, 0.05) is 44.8 Å². The van der Waals surface area contributed by atoms with Gasteiger partial charge in [0.25, 0.3) is 0 Å². The van der Waals surface area contributed by atoms with Crippen LogP contribution in [0.15, 0.2) is 48.9 Å². The molecule has 0 N–H and O–H groups in total. The SMILES string of the molecule is COc1ccc(CC(=O)N2CCCC[C@H]2c2nc(N(C)C)ncc2-c2ccncc2C)cc1. The van der Waals surface area contributed by atoms with Crippen LogP contribution >= 0.6 is 0 Å². The Morgan fingerprint density at radius 1 is 1.12 bits per heavy atom. The lowest BCUT2D eigenvalue weighted by atomic mass is 9.92. The summed E-state index contributed by atoms with van der Waals surface area (Å²) in [5.41, 5.74) is 4.97. The van der Waals surface area contributed by atoms with Gasteiger partial charge in [0.2, 0.25) is 11.9 Å². The molecule has 0 aliphatic carbocycles. The molecule has 0 unspecified atom stereocenters. The predicted molar refractivity (Wildman–Crippen MR) is 129 cm³/mol. The van der Waals surface area contributed by atoms with Crippen molar-refractivity contribution in [1.82, 2.24) is 19.9 Å². The predicted octanol–water partition coefficient (Wildman–Crippen LogP) is 4.22. The minimum absolute atomic E-state index is 0.0891. The van der Waals surface area contributed by atoms with Crippen molar-refractivity contribution >= 4 is 11.9 Å². The summed E-state index contributed by atoms with van der Waals surface area (Å²) in [4.78, 5) is 31.2. The highest BCUT2D eigenvalue weighted by Gasteiger charge is 2.31. The first kappa shape index (κ1) is 22.7. The van der Waals surface area contributed by atoms with E-state index in [2.05, 4.69) is 9.97 Å². The molecule has 1 amide bonds. The van der Waals surface area contributed by atoms with E-state index in [1.165, 1.54) is 0 Å². The molecular formula is C26H31N5O2. The maximum atomic E-state index is 13.5. The Bertz CT molecular complexity index is 1110. The summed E-state index contributed by atoms with van der Waals surface area (Å²) in [5, 5.41) is 0. The number of ether oxygens (including phenoxy) is 1. The Balaban J connectivity index is 1.70. The van der Waals surface area contributed by atoms with Crippen LogP contribution in [0.25, 0.3) is 11.1 Å². The topological polar surface area (TPSA) is 71.5 Å². The molecule has 33 heavy (non-hydrogen) atoms. The fraction of sp³-hybridized carbons (Fsp3) is 0.385. The summed E-state index contributed by atoms with van der Waals surface area (Å²) < 4.78 is 5.24. The van der Waals surface area contributed by atoms with Gasteiger partial charge in [0.15, 0.2) is 0 Å². The Labute approximate surface area is 195 Å². The van der Waals surface area contributed by atoms with Crippen LogP contribution < -0.4 is 9.64 Å². The van der Waals surface area contributed by atoms with Gasteiger partial charge in [0.05, 0.1) is 25.3 Å². The number of piperidine rings is 1. The molecule has 0 spiro atoms. The maximum absolute atomic E-state index is 13.5. The van der Waals surface area contributed by atoms with Gasteiger partial charge in [-0.3, -0.25) is 9.78 Å². The van der Waals surface area contributed by atoms with Crippen LogP contribution in [-0.4, -0.2) is 53.5 Å². The highest BCUT2D eigenvalue weighted by atomic mass is 16.5. The van der Waals surface area contributed by atoms with Gasteiger partial charge >= 0.3 is 0 Å². The molecule has 172 valence electrons. The standard InChI is InChI=1S/C26H31N5O2/c1-18-16-27-13-12-21(18)22-17-28-26(30(2)3)29-25(22)23-7-5-6-14-31(23)24(32)15-19-8-10-20(33-4)11-9-19/h8-13,16-17,23H,5-7,14-15H2,1-4H3/t23-/m0/s1. The summed E-state index contributed by atoms with van der Waals surface area (Å²) >= 11 is 0. The Morgan fingerprint density at radius 2 is 1.91 bits per heavy atom. The van der Waals surface area contributed by atoms with Gasteiger partial charge in [-0.2, -0.15) is 0 Å². The van der Waals surface area contributed by atoms with E-state index >= 15 is 0 Å². The molecule has 7 nitrogen and oxygen atoms in total. The third-order valence-electron chi connectivity index (χ3n) is 6.17. The molecule has 2 aromatic heterocycles. The van der Waals surface area contributed by atoms with Crippen molar-refractivity contribution in [2.24, 2.45) is 0 Å². The molecule has 3 heterocycles. The number of likely N-dealkylation sites (tertiary alicyclic amines) is 1. The smallest absolute Gasteiger partial charge is 0.227 e. The number of rotatable bonds is 6. The van der Waals surface area contributed by atoms with E-state index in [1.807, 2.05) is 73.5 Å². The quantitative estimate of drug-likeness (QED) is 0.566. The number of pyridine rings is 1. The number of benzene rings is 1. The Kier molecular flexibility index (Phi) is 6.87. The van der Waals surface area contributed by atoms with Crippen molar-refractivity contribution in [3.8, 4) is 16.9 Å². The van der Waals surface area contributed by atoms with Gasteiger partial charge in [-0.1, -0.05) is 12.1 Å². The molecule has 1 saturated heterocycles. The zero-order chi connectivity index (χ0) is 23.4. The number of aromatic nitrogens is 3. The van der Waals surface area contributed by atoms with Crippen molar-refractivity contribution < 1.29 is 9.53 Å². The molecule has 3 aromatic rings. The molecular weight excluding hydrogens is 414 g/mol. The molecule has 1 aliphatic heterocycles. The Morgan fingerprint density at radius 3 is 2.61 bits per heavy atom. The van der Waals surface area contributed by atoms with Crippen molar-refractivity contribution in [2.75, 3.05) is 32.6 Å². The van der Waals surface area contributed by atoms with Crippen LogP contribution in [-0.2, 0) is 11.2 Å². The third kappa shape index (κ3) is 4.97. The van der Waals surface area contributed by atoms with Gasteiger partial charge < -0.3 is 14.5 Å². The molecule has 1 atom stereocenters. The number of aryl methyl sites for hydroxylation is 1.